The van der Waals surface area contributed by atoms with Crippen LogP contribution >= 0.6 is 0 Å². The smallest absolute Gasteiger partial charge is 0.251 e. The van der Waals surface area contributed by atoms with Crippen LogP contribution in [0.5, 0.6) is 5.75 Å². The summed E-state index contributed by atoms with van der Waals surface area (Å²) >= 11 is 0. The largest absolute Gasteiger partial charge is 0.494 e. The summed E-state index contributed by atoms with van der Waals surface area (Å²) in [6.45, 7) is 3.74. The van der Waals surface area contributed by atoms with Crippen LogP contribution in [-0.4, -0.2) is 25.0 Å². The minimum absolute atomic E-state index is 0.138. The van der Waals surface area contributed by atoms with Crippen molar-refractivity contribution in [2.75, 3.05) is 18.1 Å². The van der Waals surface area contributed by atoms with Crippen molar-refractivity contribution in [3.8, 4) is 5.75 Å². The molecule has 5 heteroatoms. The normalized spacial score (nSPS) is 13.8. The Labute approximate surface area is 147 Å². The Balaban J connectivity index is 1.59. The zero-order valence-corrected chi connectivity index (χ0v) is 14.3. The highest BCUT2D eigenvalue weighted by atomic mass is 16.5. The van der Waals surface area contributed by atoms with E-state index in [4.69, 9.17) is 4.74 Å². The van der Waals surface area contributed by atoms with Gasteiger partial charge in [-0.05, 0) is 55.3 Å². The summed E-state index contributed by atoms with van der Waals surface area (Å²) in [5, 5.41) is 2.91. The first-order valence-electron chi connectivity index (χ1n) is 8.57. The molecule has 0 bridgehead atoms. The van der Waals surface area contributed by atoms with E-state index in [1.54, 1.807) is 17.0 Å². The molecular weight excluding hydrogens is 316 g/mol. The maximum atomic E-state index is 12.3. The summed E-state index contributed by atoms with van der Waals surface area (Å²) in [6.07, 6.45) is 1.49. The topological polar surface area (TPSA) is 58.6 Å². The van der Waals surface area contributed by atoms with E-state index >= 15 is 0 Å². The fourth-order valence-electron chi connectivity index (χ4n) is 2.91. The molecule has 2 amide bonds. The second-order valence-electron chi connectivity index (χ2n) is 5.96. The van der Waals surface area contributed by atoms with Gasteiger partial charge in [0.05, 0.1) is 6.61 Å². The minimum atomic E-state index is -0.138. The summed E-state index contributed by atoms with van der Waals surface area (Å²) in [6, 6.07) is 14.8. The number of rotatable bonds is 6. The van der Waals surface area contributed by atoms with Crippen LogP contribution in [0, 0.1) is 0 Å². The Morgan fingerprint density at radius 3 is 2.68 bits per heavy atom. The minimum Gasteiger partial charge on any atom is -0.494 e. The number of ether oxygens (including phenoxy) is 1. The molecule has 0 atom stereocenters. The molecule has 5 nitrogen and oxygen atoms in total. The van der Waals surface area contributed by atoms with E-state index in [0.29, 0.717) is 25.1 Å². The first-order chi connectivity index (χ1) is 12.2. The zero-order chi connectivity index (χ0) is 17.6. The van der Waals surface area contributed by atoms with Crippen molar-refractivity contribution in [3.63, 3.8) is 0 Å². The molecule has 1 fully saturated rings. The molecule has 1 N–H and O–H groups in total. The Morgan fingerprint density at radius 1 is 1.20 bits per heavy atom. The Morgan fingerprint density at radius 2 is 2.00 bits per heavy atom. The molecular formula is C20H22N2O3. The SMILES string of the molecule is CCOc1cccc(CNC(=O)c2ccc(N3CCCC3=O)cc2)c1. The number of nitrogens with one attached hydrogen (secondary N) is 1. The fraction of sp³-hybridized carbons (Fsp3) is 0.300. The van der Waals surface area contributed by atoms with Crippen LogP contribution < -0.4 is 15.0 Å². The van der Waals surface area contributed by atoms with Gasteiger partial charge in [-0.1, -0.05) is 12.1 Å². The van der Waals surface area contributed by atoms with Crippen molar-refractivity contribution in [3.05, 3.63) is 59.7 Å². The second-order valence-corrected chi connectivity index (χ2v) is 5.96. The first-order valence-corrected chi connectivity index (χ1v) is 8.57. The number of carbonyl (C=O) groups is 2. The maximum absolute atomic E-state index is 12.3. The third-order valence-corrected chi connectivity index (χ3v) is 4.18. The van der Waals surface area contributed by atoms with Crippen molar-refractivity contribution in [2.45, 2.75) is 26.3 Å². The van der Waals surface area contributed by atoms with Crippen LogP contribution in [0.25, 0.3) is 0 Å². The van der Waals surface area contributed by atoms with Gasteiger partial charge in [-0.25, -0.2) is 0 Å². The van der Waals surface area contributed by atoms with Crippen molar-refractivity contribution in [2.24, 2.45) is 0 Å². The van der Waals surface area contributed by atoms with Crippen molar-refractivity contribution >= 4 is 17.5 Å². The lowest BCUT2D eigenvalue weighted by Crippen LogP contribution is -2.25. The summed E-state index contributed by atoms with van der Waals surface area (Å²) in [4.78, 5) is 25.8. The highest BCUT2D eigenvalue weighted by molar-refractivity contribution is 5.97. The van der Waals surface area contributed by atoms with Crippen molar-refractivity contribution < 1.29 is 14.3 Å². The van der Waals surface area contributed by atoms with Gasteiger partial charge in [0.15, 0.2) is 0 Å². The van der Waals surface area contributed by atoms with Crippen LogP contribution in [0.15, 0.2) is 48.5 Å². The number of amides is 2. The quantitative estimate of drug-likeness (QED) is 0.880. The second kappa shape index (κ2) is 7.83. The van der Waals surface area contributed by atoms with Crippen LogP contribution in [0.2, 0.25) is 0 Å². The van der Waals surface area contributed by atoms with Gasteiger partial charge in [-0.15, -0.1) is 0 Å². The molecule has 2 aromatic rings. The van der Waals surface area contributed by atoms with Crippen LogP contribution in [0.4, 0.5) is 5.69 Å². The van der Waals surface area contributed by atoms with Crippen LogP contribution in [0.1, 0.15) is 35.7 Å². The zero-order valence-electron chi connectivity index (χ0n) is 14.3. The molecule has 1 aliphatic heterocycles. The van der Waals surface area contributed by atoms with Gasteiger partial charge in [0, 0.05) is 30.8 Å². The number of nitrogens with zero attached hydrogens (tertiary/aromatic N) is 1. The Bertz CT molecular complexity index is 756. The molecule has 1 saturated heterocycles. The third kappa shape index (κ3) is 4.18. The van der Waals surface area contributed by atoms with E-state index in [0.717, 1.165) is 30.0 Å². The van der Waals surface area contributed by atoms with Gasteiger partial charge in [0.25, 0.3) is 5.91 Å². The van der Waals surface area contributed by atoms with Crippen molar-refractivity contribution in [1.29, 1.82) is 0 Å². The molecule has 130 valence electrons. The van der Waals surface area contributed by atoms with E-state index in [-0.39, 0.29) is 11.8 Å². The molecule has 2 aromatic carbocycles. The summed E-state index contributed by atoms with van der Waals surface area (Å²) < 4.78 is 5.46. The molecule has 0 saturated carbocycles. The van der Waals surface area contributed by atoms with Crippen LogP contribution in [0.3, 0.4) is 0 Å². The van der Waals surface area contributed by atoms with E-state index in [1.165, 1.54) is 0 Å². The van der Waals surface area contributed by atoms with E-state index in [2.05, 4.69) is 5.32 Å². The van der Waals surface area contributed by atoms with Crippen molar-refractivity contribution in [1.82, 2.24) is 5.32 Å². The van der Waals surface area contributed by atoms with Gasteiger partial charge < -0.3 is 15.0 Å². The first kappa shape index (κ1) is 17.0. The monoisotopic (exact) mass is 338 g/mol. The molecule has 0 radical (unpaired) electrons. The number of hydrogen-bond donors (Lipinski definition) is 1. The molecule has 0 aromatic heterocycles. The summed E-state index contributed by atoms with van der Waals surface area (Å²) in [7, 11) is 0. The maximum Gasteiger partial charge on any atom is 0.251 e. The number of benzene rings is 2. The molecule has 3 rings (SSSR count). The highest BCUT2D eigenvalue weighted by Gasteiger charge is 2.21. The van der Waals surface area contributed by atoms with Gasteiger partial charge in [0.2, 0.25) is 5.91 Å². The lowest BCUT2D eigenvalue weighted by atomic mass is 10.1. The molecule has 25 heavy (non-hydrogen) atoms. The average molecular weight is 338 g/mol. The van der Waals surface area contributed by atoms with E-state index in [9.17, 15) is 9.59 Å². The summed E-state index contributed by atoms with van der Waals surface area (Å²) in [5.41, 5.74) is 2.42. The number of carbonyl (C=O) groups excluding carboxylic acids is 2. The molecule has 0 unspecified atom stereocenters. The molecule has 1 aliphatic rings. The molecule has 0 spiro atoms. The predicted octanol–water partition coefficient (Wildman–Crippen LogP) is 3.14. The van der Waals surface area contributed by atoms with Crippen LogP contribution in [-0.2, 0) is 11.3 Å². The van der Waals surface area contributed by atoms with Gasteiger partial charge in [0.1, 0.15) is 5.75 Å². The molecule has 1 heterocycles. The van der Waals surface area contributed by atoms with E-state index < -0.39 is 0 Å². The molecule has 0 aliphatic carbocycles. The van der Waals surface area contributed by atoms with Gasteiger partial charge >= 0.3 is 0 Å². The third-order valence-electron chi connectivity index (χ3n) is 4.18. The number of hydrogen-bond acceptors (Lipinski definition) is 3. The average Bonchev–Trinajstić information content (AvgIpc) is 3.06. The summed E-state index contributed by atoms with van der Waals surface area (Å²) in [5.74, 6) is 0.807. The standard InChI is InChI=1S/C20H22N2O3/c1-2-25-18-6-3-5-15(13-18)14-21-20(24)16-8-10-17(11-9-16)22-12-4-7-19(22)23/h3,5-6,8-11,13H,2,4,7,12,14H2,1H3,(H,21,24). The Hall–Kier alpha value is -2.82. The highest BCUT2D eigenvalue weighted by Crippen LogP contribution is 2.21. The predicted molar refractivity (Wildman–Crippen MR) is 96.8 cm³/mol. The Kier molecular flexibility index (Phi) is 5.33. The van der Waals surface area contributed by atoms with Gasteiger partial charge in [-0.3, -0.25) is 9.59 Å². The fourth-order valence-corrected chi connectivity index (χ4v) is 2.91. The lowest BCUT2D eigenvalue weighted by Gasteiger charge is -2.15. The van der Waals surface area contributed by atoms with E-state index in [1.807, 2.05) is 43.3 Å². The lowest BCUT2D eigenvalue weighted by molar-refractivity contribution is -0.117. The van der Waals surface area contributed by atoms with Gasteiger partial charge in [-0.2, -0.15) is 0 Å². The number of anilines is 1.